The summed E-state index contributed by atoms with van der Waals surface area (Å²) in [6.07, 6.45) is -0.792. The first-order chi connectivity index (χ1) is 28.6. The van der Waals surface area contributed by atoms with Crippen LogP contribution in [-0.2, 0) is 29.2 Å². The van der Waals surface area contributed by atoms with E-state index in [1.54, 1.807) is 36.4 Å². The molecule has 60 heavy (non-hydrogen) atoms. The number of methoxy groups -OCH3 is 1. The lowest BCUT2D eigenvalue weighted by Gasteiger charge is -2.30. The second-order valence-electron chi connectivity index (χ2n) is 15.5. The van der Waals surface area contributed by atoms with Gasteiger partial charge in [0.15, 0.2) is 5.82 Å². The van der Waals surface area contributed by atoms with E-state index < -0.39 is 87.1 Å². The number of halogens is 4. The molecule has 2 aromatic heterocycles. The summed E-state index contributed by atoms with van der Waals surface area (Å²) < 4.78 is 101. The number of nitrogens with zero attached hydrogens (tertiary/aromatic N) is 3. The number of hydrogen-bond acceptors (Lipinski definition) is 11. The second kappa shape index (κ2) is 15.7. The predicted octanol–water partition coefficient (Wildman–Crippen LogP) is 4.59. The molecule has 3 N–H and O–H groups in total. The van der Waals surface area contributed by atoms with Crippen LogP contribution in [-0.4, -0.2) is 95.7 Å². The molecule has 4 amide bonds. The highest BCUT2D eigenvalue weighted by molar-refractivity contribution is 7.91. The van der Waals surface area contributed by atoms with Gasteiger partial charge in [-0.25, -0.2) is 17.8 Å². The molecule has 2 aliphatic heterocycles. The summed E-state index contributed by atoms with van der Waals surface area (Å²) in [5, 5.41) is 4.05. The van der Waals surface area contributed by atoms with E-state index >= 15 is 0 Å². The maximum absolute atomic E-state index is 14.5. The fraction of sp³-hybridized carbons (Fsp3) is 0.450. The molecule has 4 aliphatic rings. The molecule has 15 nitrogen and oxygen atoms in total. The third kappa shape index (κ3) is 8.20. The maximum Gasteiger partial charge on any atom is 0.471 e. The first-order valence-electron chi connectivity index (χ1n) is 19.5. The number of furan rings is 1. The quantitative estimate of drug-likeness (QED) is 0.166. The highest BCUT2D eigenvalue weighted by atomic mass is 32.2. The number of alkyl halides is 3. The van der Waals surface area contributed by atoms with E-state index in [-0.39, 0.29) is 54.1 Å². The van der Waals surface area contributed by atoms with Gasteiger partial charge in [-0.05, 0) is 68.9 Å². The molecule has 20 heteroatoms. The topological polar surface area (TPSA) is 199 Å². The van der Waals surface area contributed by atoms with E-state index in [0.29, 0.717) is 48.8 Å². The van der Waals surface area contributed by atoms with E-state index in [1.165, 1.54) is 25.3 Å². The number of hydrogen-bond donors (Lipinski definition) is 3. The molecule has 5 atom stereocenters. The molecule has 4 aromatic rings. The molecule has 8 rings (SSSR count). The Hall–Kier alpha value is -5.79. The Morgan fingerprint density at radius 2 is 1.85 bits per heavy atom. The zero-order valence-electron chi connectivity index (χ0n) is 32.1. The Morgan fingerprint density at radius 3 is 2.60 bits per heavy atom. The van der Waals surface area contributed by atoms with Crippen LogP contribution in [0, 0.1) is 11.7 Å². The molecule has 0 spiro atoms. The average Bonchev–Trinajstić information content (AvgIpc) is 4.11. The van der Waals surface area contributed by atoms with Crippen molar-refractivity contribution in [2.45, 2.75) is 92.9 Å². The summed E-state index contributed by atoms with van der Waals surface area (Å²) >= 11 is 0. The SMILES string of the molecule is COc1cccc(-c2nc(O[C@@H]3C[C@H]4C(=O)N[C@]5(C(=O)NS(=O)(=O)C6CC6)C[C@H]5C=CCCCCC[C@H](NC(=O)C(F)(F)F)C(=O)N4C3)c3oc4ccc(F)cc4c3n2)c1. The van der Waals surface area contributed by atoms with Crippen molar-refractivity contribution < 1.29 is 59.0 Å². The fourth-order valence-electron chi connectivity index (χ4n) is 7.81. The predicted molar refractivity (Wildman–Crippen MR) is 205 cm³/mol. The summed E-state index contributed by atoms with van der Waals surface area (Å²) in [6, 6.07) is 7.39. The number of benzene rings is 2. The van der Waals surface area contributed by atoms with Crippen molar-refractivity contribution in [1.82, 2.24) is 30.2 Å². The van der Waals surface area contributed by atoms with Crippen LogP contribution in [0.25, 0.3) is 33.5 Å². The van der Waals surface area contributed by atoms with Crippen LogP contribution in [0.15, 0.2) is 59.0 Å². The van der Waals surface area contributed by atoms with Gasteiger partial charge in [0.05, 0.1) is 18.9 Å². The number of amides is 4. The molecule has 1 saturated heterocycles. The molecule has 0 radical (unpaired) electrons. The minimum atomic E-state index is -5.31. The third-order valence-electron chi connectivity index (χ3n) is 11.3. The van der Waals surface area contributed by atoms with Gasteiger partial charge in [0, 0.05) is 23.3 Å². The maximum atomic E-state index is 14.5. The lowest BCUT2D eigenvalue weighted by atomic mass is 10.0. The zero-order chi connectivity index (χ0) is 42.6. The summed E-state index contributed by atoms with van der Waals surface area (Å²) in [5.41, 5.74) is -0.820. The van der Waals surface area contributed by atoms with Gasteiger partial charge in [0.2, 0.25) is 27.4 Å². The Bertz CT molecular complexity index is 2530. The number of allylic oxidation sites excluding steroid dienone is 1. The Balaban J connectivity index is 1.17. The number of rotatable bonds is 8. The van der Waals surface area contributed by atoms with Crippen molar-refractivity contribution in [2.24, 2.45) is 5.92 Å². The molecule has 0 unspecified atom stereocenters. The number of carbonyl (C=O) groups is 4. The number of nitrogens with one attached hydrogen (secondary N) is 3. The lowest BCUT2D eigenvalue weighted by Crippen LogP contribution is -2.58. The van der Waals surface area contributed by atoms with Crippen molar-refractivity contribution in [1.29, 1.82) is 0 Å². The first-order valence-corrected chi connectivity index (χ1v) is 21.0. The summed E-state index contributed by atoms with van der Waals surface area (Å²) in [4.78, 5) is 65.0. The zero-order valence-corrected chi connectivity index (χ0v) is 32.9. The van der Waals surface area contributed by atoms with E-state index in [0.717, 1.165) is 4.90 Å². The van der Waals surface area contributed by atoms with Crippen LogP contribution < -0.4 is 24.8 Å². The largest absolute Gasteiger partial charge is 0.497 e. The molecule has 318 valence electrons. The minimum absolute atomic E-state index is 0.00194. The number of ether oxygens (including phenoxy) is 2. The van der Waals surface area contributed by atoms with Gasteiger partial charge in [-0.2, -0.15) is 18.2 Å². The summed E-state index contributed by atoms with van der Waals surface area (Å²) in [6.45, 7) is -0.400. The van der Waals surface area contributed by atoms with Crippen molar-refractivity contribution in [2.75, 3.05) is 13.7 Å². The van der Waals surface area contributed by atoms with Gasteiger partial charge in [-0.1, -0.05) is 37.1 Å². The Morgan fingerprint density at radius 1 is 1.05 bits per heavy atom. The molecule has 0 bridgehead atoms. The van der Waals surface area contributed by atoms with Crippen LogP contribution in [0.3, 0.4) is 0 Å². The van der Waals surface area contributed by atoms with Crippen LogP contribution >= 0.6 is 0 Å². The number of sulfonamides is 1. The highest BCUT2D eigenvalue weighted by Gasteiger charge is 2.62. The molecule has 3 fully saturated rings. The molecule has 2 saturated carbocycles. The monoisotopic (exact) mass is 856 g/mol. The average molecular weight is 857 g/mol. The molecule has 2 aliphatic carbocycles. The van der Waals surface area contributed by atoms with Crippen LogP contribution in [0.1, 0.15) is 57.8 Å². The van der Waals surface area contributed by atoms with Gasteiger partial charge in [-0.15, -0.1) is 0 Å². The standard InChI is InChI=1S/C40H40F4N6O9S/c1-57-24-10-7-8-21(16-24)33-46-31-27-17-23(41)12-15-30(27)59-32(31)35(47-33)58-25-18-29-34(51)48-39(37(53)49-60(55,56)26-13-14-26)19-22(39)9-5-3-2-4-6-11-28(36(52)50(29)20-25)45-38(54)40(42,43)44/h5,7-10,12,15-17,22,25-26,28-29H,2-4,6,11,13-14,18-20H2,1H3,(H,45,54)(H,48,51)(H,49,53)/t22-,25-,28+,29+,39-/m1/s1. The van der Waals surface area contributed by atoms with Crippen molar-refractivity contribution in [3.63, 3.8) is 0 Å². The Labute approximate surface area is 340 Å². The van der Waals surface area contributed by atoms with Gasteiger partial charge in [-0.3, -0.25) is 23.9 Å². The summed E-state index contributed by atoms with van der Waals surface area (Å²) in [5.74, 6) is -5.93. The third-order valence-corrected chi connectivity index (χ3v) is 13.1. The van der Waals surface area contributed by atoms with E-state index in [1.807, 2.05) is 5.32 Å². The number of fused-ring (bicyclic) bond motifs is 5. The normalized spacial score (nSPS) is 25.1. The highest BCUT2D eigenvalue weighted by Crippen LogP contribution is 2.46. The molecule has 2 aromatic carbocycles. The van der Waals surface area contributed by atoms with E-state index in [2.05, 4.69) is 20.0 Å². The van der Waals surface area contributed by atoms with E-state index in [9.17, 15) is 45.2 Å². The fourth-order valence-corrected chi connectivity index (χ4v) is 9.17. The van der Waals surface area contributed by atoms with Crippen LogP contribution in [0.4, 0.5) is 17.6 Å². The van der Waals surface area contributed by atoms with Gasteiger partial charge < -0.3 is 29.4 Å². The van der Waals surface area contributed by atoms with Crippen molar-refractivity contribution >= 4 is 55.7 Å². The van der Waals surface area contributed by atoms with Crippen LogP contribution in [0.2, 0.25) is 0 Å². The van der Waals surface area contributed by atoms with Gasteiger partial charge in [0.25, 0.3) is 11.8 Å². The number of carbonyl (C=O) groups excluding carboxylic acids is 4. The first kappa shape index (κ1) is 41.0. The number of aromatic nitrogens is 2. The van der Waals surface area contributed by atoms with Crippen molar-refractivity contribution in [3.05, 3.63) is 60.4 Å². The second-order valence-corrected chi connectivity index (χ2v) is 17.5. The van der Waals surface area contributed by atoms with Gasteiger partial charge in [0.1, 0.15) is 46.4 Å². The summed E-state index contributed by atoms with van der Waals surface area (Å²) in [7, 11) is -2.55. The molecule has 4 heterocycles. The minimum Gasteiger partial charge on any atom is -0.497 e. The van der Waals surface area contributed by atoms with Crippen molar-refractivity contribution in [3.8, 4) is 23.0 Å². The van der Waals surface area contributed by atoms with E-state index in [4.69, 9.17) is 13.9 Å². The molecular weight excluding hydrogens is 817 g/mol. The lowest BCUT2D eigenvalue weighted by molar-refractivity contribution is -0.175. The van der Waals surface area contributed by atoms with Crippen LogP contribution in [0.5, 0.6) is 11.6 Å². The Kier molecular flexibility index (Phi) is 10.7. The smallest absolute Gasteiger partial charge is 0.471 e. The van der Waals surface area contributed by atoms with Gasteiger partial charge >= 0.3 is 12.1 Å². The molecular formula is C40H40F4N6O9S.